The van der Waals surface area contributed by atoms with Crippen molar-refractivity contribution in [1.29, 1.82) is 0 Å². The number of hydrogen-bond donors (Lipinski definition) is 1. The fourth-order valence-corrected chi connectivity index (χ4v) is 5.01. The van der Waals surface area contributed by atoms with Crippen molar-refractivity contribution in [2.24, 2.45) is 0 Å². The summed E-state index contributed by atoms with van der Waals surface area (Å²) in [6, 6.07) is 21.9. The van der Waals surface area contributed by atoms with Gasteiger partial charge in [-0.2, -0.15) is 0 Å². The standard InChI is InChI=1S/C23H23BrN2O4S/c1-17(21-13-6-7-14-22(21)30-2)25-23(27)16-26(19-10-8-9-18(24)15-19)31(28,29)20-11-4-3-5-12-20/h3-15,17H,16H2,1-2H3,(H,25,27)/t17-/m0/s1. The van der Waals surface area contributed by atoms with Crippen LogP contribution in [-0.4, -0.2) is 28.0 Å². The van der Waals surface area contributed by atoms with Crippen molar-refractivity contribution in [3.63, 3.8) is 0 Å². The molecule has 162 valence electrons. The zero-order valence-electron chi connectivity index (χ0n) is 17.2. The molecule has 31 heavy (non-hydrogen) atoms. The Labute approximate surface area is 191 Å². The molecule has 1 N–H and O–H groups in total. The van der Waals surface area contributed by atoms with E-state index in [-0.39, 0.29) is 17.5 Å². The maximum absolute atomic E-state index is 13.3. The first kappa shape index (κ1) is 22.8. The van der Waals surface area contributed by atoms with Gasteiger partial charge in [0.25, 0.3) is 10.0 Å². The van der Waals surface area contributed by atoms with Gasteiger partial charge >= 0.3 is 0 Å². The van der Waals surface area contributed by atoms with Crippen LogP contribution >= 0.6 is 15.9 Å². The predicted octanol–water partition coefficient (Wildman–Crippen LogP) is 4.53. The van der Waals surface area contributed by atoms with Crippen molar-refractivity contribution in [1.82, 2.24) is 5.32 Å². The second-order valence-corrected chi connectivity index (χ2v) is 9.61. The Morgan fingerprint density at radius 2 is 1.71 bits per heavy atom. The molecule has 3 rings (SSSR count). The van der Waals surface area contributed by atoms with Gasteiger partial charge in [-0.1, -0.05) is 58.4 Å². The first-order chi connectivity index (χ1) is 14.8. The van der Waals surface area contributed by atoms with Gasteiger partial charge in [0.2, 0.25) is 5.91 Å². The summed E-state index contributed by atoms with van der Waals surface area (Å²) >= 11 is 3.37. The number of carbonyl (C=O) groups excluding carboxylic acids is 1. The Bertz CT molecular complexity index is 1150. The van der Waals surface area contributed by atoms with Crippen molar-refractivity contribution >= 4 is 37.5 Å². The van der Waals surface area contributed by atoms with E-state index in [0.717, 1.165) is 9.87 Å². The van der Waals surface area contributed by atoms with Gasteiger partial charge in [-0.05, 0) is 43.3 Å². The molecule has 0 spiro atoms. The van der Waals surface area contributed by atoms with Crippen LogP contribution in [0.15, 0.2) is 88.2 Å². The third-order valence-corrected chi connectivity index (χ3v) is 6.98. The zero-order valence-corrected chi connectivity index (χ0v) is 19.6. The summed E-state index contributed by atoms with van der Waals surface area (Å²) < 4.78 is 33.9. The molecule has 8 heteroatoms. The molecule has 0 heterocycles. The van der Waals surface area contributed by atoms with Crippen LogP contribution < -0.4 is 14.4 Å². The molecule has 0 saturated heterocycles. The summed E-state index contributed by atoms with van der Waals surface area (Å²) in [5.41, 5.74) is 1.19. The number of rotatable bonds is 8. The predicted molar refractivity (Wildman–Crippen MR) is 125 cm³/mol. The second kappa shape index (κ2) is 9.98. The van der Waals surface area contributed by atoms with E-state index in [9.17, 15) is 13.2 Å². The number of sulfonamides is 1. The quantitative estimate of drug-likeness (QED) is 0.490. The van der Waals surface area contributed by atoms with Crippen molar-refractivity contribution in [2.45, 2.75) is 17.9 Å². The molecule has 6 nitrogen and oxygen atoms in total. The van der Waals surface area contributed by atoms with Crippen LogP contribution in [-0.2, 0) is 14.8 Å². The summed E-state index contributed by atoms with van der Waals surface area (Å²) in [7, 11) is -2.39. The minimum atomic E-state index is -3.95. The molecule has 0 saturated carbocycles. The van der Waals surface area contributed by atoms with Crippen LogP contribution in [0.3, 0.4) is 0 Å². The smallest absolute Gasteiger partial charge is 0.264 e. The average molecular weight is 503 g/mol. The third-order valence-electron chi connectivity index (χ3n) is 4.70. The highest BCUT2D eigenvalue weighted by molar-refractivity contribution is 9.10. The highest BCUT2D eigenvalue weighted by Gasteiger charge is 2.28. The topological polar surface area (TPSA) is 75.7 Å². The number of ether oxygens (including phenoxy) is 1. The Hall–Kier alpha value is -2.84. The van der Waals surface area contributed by atoms with Gasteiger partial charge in [0, 0.05) is 10.0 Å². The number of benzene rings is 3. The number of nitrogens with zero attached hydrogens (tertiary/aromatic N) is 1. The molecule has 3 aromatic rings. The lowest BCUT2D eigenvalue weighted by molar-refractivity contribution is -0.120. The van der Waals surface area contributed by atoms with E-state index in [4.69, 9.17) is 4.74 Å². The minimum absolute atomic E-state index is 0.112. The van der Waals surface area contributed by atoms with Crippen LogP contribution in [0.1, 0.15) is 18.5 Å². The van der Waals surface area contributed by atoms with E-state index < -0.39 is 15.9 Å². The molecular weight excluding hydrogens is 480 g/mol. The number of hydrogen-bond acceptors (Lipinski definition) is 4. The molecule has 0 aliphatic rings. The van der Waals surface area contributed by atoms with Crippen LogP contribution in [0, 0.1) is 0 Å². The SMILES string of the molecule is COc1ccccc1[C@H](C)NC(=O)CN(c1cccc(Br)c1)S(=O)(=O)c1ccccc1. The van der Waals surface area contributed by atoms with Gasteiger partial charge < -0.3 is 10.1 Å². The van der Waals surface area contributed by atoms with E-state index in [0.29, 0.717) is 15.9 Å². The van der Waals surface area contributed by atoms with Crippen LogP contribution in [0.2, 0.25) is 0 Å². The number of amides is 1. The highest BCUT2D eigenvalue weighted by Crippen LogP contribution is 2.27. The largest absolute Gasteiger partial charge is 0.496 e. The molecule has 3 aromatic carbocycles. The lowest BCUT2D eigenvalue weighted by Crippen LogP contribution is -2.41. The first-order valence-corrected chi connectivity index (χ1v) is 11.8. The zero-order chi connectivity index (χ0) is 22.4. The maximum Gasteiger partial charge on any atom is 0.264 e. The second-order valence-electron chi connectivity index (χ2n) is 6.84. The summed E-state index contributed by atoms with van der Waals surface area (Å²) in [6.45, 7) is 1.46. The van der Waals surface area contributed by atoms with E-state index in [2.05, 4.69) is 21.2 Å². The van der Waals surface area contributed by atoms with Gasteiger partial charge in [0.1, 0.15) is 12.3 Å². The number of anilines is 1. The van der Waals surface area contributed by atoms with Gasteiger partial charge in [-0.3, -0.25) is 9.10 Å². The van der Waals surface area contributed by atoms with Crippen molar-refractivity contribution in [3.8, 4) is 5.75 Å². The number of methoxy groups -OCH3 is 1. The highest BCUT2D eigenvalue weighted by atomic mass is 79.9. The van der Waals surface area contributed by atoms with E-state index in [1.807, 2.05) is 31.2 Å². The van der Waals surface area contributed by atoms with Crippen molar-refractivity contribution in [3.05, 3.63) is 88.9 Å². The maximum atomic E-state index is 13.3. The summed E-state index contributed by atoms with van der Waals surface area (Å²) in [4.78, 5) is 13.0. The Kier molecular flexibility index (Phi) is 7.35. The van der Waals surface area contributed by atoms with Gasteiger partial charge in [0.05, 0.1) is 23.7 Å². The minimum Gasteiger partial charge on any atom is -0.496 e. The summed E-state index contributed by atoms with van der Waals surface area (Å²) in [6.07, 6.45) is 0. The molecule has 0 unspecified atom stereocenters. The molecular formula is C23H23BrN2O4S. The molecule has 1 amide bonds. The lowest BCUT2D eigenvalue weighted by Gasteiger charge is -2.25. The van der Waals surface area contributed by atoms with Crippen molar-refractivity contribution in [2.75, 3.05) is 18.0 Å². The van der Waals surface area contributed by atoms with E-state index >= 15 is 0 Å². The Morgan fingerprint density at radius 1 is 1.03 bits per heavy atom. The van der Waals surface area contributed by atoms with Crippen molar-refractivity contribution < 1.29 is 17.9 Å². The van der Waals surface area contributed by atoms with Crippen LogP contribution in [0.25, 0.3) is 0 Å². The third kappa shape index (κ3) is 5.45. The number of para-hydroxylation sites is 1. The van der Waals surface area contributed by atoms with E-state index in [1.165, 1.54) is 12.1 Å². The Balaban J connectivity index is 1.89. The van der Waals surface area contributed by atoms with Gasteiger partial charge in [-0.15, -0.1) is 0 Å². The summed E-state index contributed by atoms with van der Waals surface area (Å²) in [5.74, 6) is 0.217. The average Bonchev–Trinajstić information content (AvgIpc) is 2.77. The normalized spacial score (nSPS) is 12.1. The lowest BCUT2D eigenvalue weighted by atomic mass is 10.1. The molecule has 0 fully saturated rings. The molecule has 0 bridgehead atoms. The number of nitrogens with one attached hydrogen (secondary N) is 1. The first-order valence-electron chi connectivity index (χ1n) is 9.58. The Morgan fingerprint density at radius 3 is 2.39 bits per heavy atom. The molecule has 1 atom stereocenters. The van der Waals surface area contributed by atoms with Crippen LogP contribution in [0.4, 0.5) is 5.69 Å². The monoisotopic (exact) mass is 502 g/mol. The van der Waals surface area contributed by atoms with Gasteiger partial charge in [0.15, 0.2) is 0 Å². The number of halogens is 1. The molecule has 0 aromatic heterocycles. The fourth-order valence-electron chi connectivity index (χ4n) is 3.19. The summed E-state index contributed by atoms with van der Waals surface area (Å²) in [5, 5.41) is 2.87. The van der Waals surface area contributed by atoms with Crippen LogP contribution in [0.5, 0.6) is 5.75 Å². The fraction of sp³-hybridized carbons (Fsp3) is 0.174. The molecule has 0 aliphatic heterocycles. The molecule has 0 radical (unpaired) electrons. The number of carbonyl (C=O) groups is 1. The molecule has 0 aliphatic carbocycles. The van der Waals surface area contributed by atoms with E-state index in [1.54, 1.807) is 49.6 Å². The van der Waals surface area contributed by atoms with Gasteiger partial charge in [-0.25, -0.2) is 8.42 Å².